The highest BCUT2D eigenvalue weighted by Crippen LogP contribution is 2.36. The van der Waals surface area contributed by atoms with Crippen LogP contribution >= 0.6 is 0 Å². The summed E-state index contributed by atoms with van der Waals surface area (Å²) < 4.78 is 27.5. The van der Waals surface area contributed by atoms with Gasteiger partial charge < -0.3 is 0 Å². The number of imide groups is 2. The zero-order valence-corrected chi connectivity index (χ0v) is 33.7. The molecule has 2 aromatic heterocycles. The summed E-state index contributed by atoms with van der Waals surface area (Å²) in [4.78, 5) is 64.1. The smallest absolute Gasteiger partial charge is 0.262 e. The minimum Gasteiger partial charge on any atom is -0.269 e. The van der Waals surface area contributed by atoms with Gasteiger partial charge >= 0.3 is 0 Å². The Morgan fingerprint density at radius 3 is 1.35 bits per heavy atom. The van der Waals surface area contributed by atoms with Crippen molar-refractivity contribution in [2.45, 2.75) is 59.0 Å². The molecule has 0 saturated carbocycles. The lowest BCUT2D eigenvalue weighted by molar-refractivity contribution is 0.0578. The van der Waals surface area contributed by atoms with Gasteiger partial charge in [0.25, 0.3) is 23.6 Å². The maximum atomic E-state index is 13.8. The first-order valence-corrected chi connectivity index (χ1v) is 20.1. The second-order valence-corrected chi connectivity index (χ2v) is 15.5. The molecule has 5 aromatic carbocycles. The van der Waals surface area contributed by atoms with E-state index in [9.17, 15) is 28.0 Å². The van der Waals surface area contributed by atoms with Crippen molar-refractivity contribution >= 4 is 45.4 Å². The highest BCUT2D eigenvalue weighted by Gasteiger charge is 2.41. The van der Waals surface area contributed by atoms with Gasteiger partial charge in [0.05, 0.1) is 51.1 Å². The molecule has 60 heavy (non-hydrogen) atoms. The molecule has 0 bridgehead atoms. The molecule has 0 radical (unpaired) electrons. The topological polar surface area (TPSA) is 101 Å². The highest BCUT2D eigenvalue weighted by molar-refractivity contribution is 6.22. The molecule has 0 spiro atoms. The fourth-order valence-electron chi connectivity index (χ4n) is 8.08. The third-order valence-electron chi connectivity index (χ3n) is 11.6. The molecule has 0 fully saturated rings. The van der Waals surface area contributed by atoms with Gasteiger partial charge in [-0.2, -0.15) is 0 Å². The van der Waals surface area contributed by atoms with E-state index in [1.54, 1.807) is 60.7 Å². The SMILES string of the molecule is CC(c1cc2ccc(F)cc2nc1Cc1ccccc1)N1C(=O)c2ccccc2C1=O.CCC(C)Cc1nc2cc(F)ccc2cc1[C@H](C)N1C(=O)c2ccccc2C1=O. The Balaban J connectivity index is 0.000000167. The van der Waals surface area contributed by atoms with Crippen molar-refractivity contribution in [2.24, 2.45) is 5.92 Å². The number of hydrogen-bond acceptors (Lipinski definition) is 6. The third kappa shape index (κ3) is 7.45. The number of carbonyl (C=O) groups is 4. The number of fused-ring (bicyclic) bond motifs is 4. The Labute approximate surface area is 346 Å². The molecule has 2 aliphatic heterocycles. The first-order chi connectivity index (χ1) is 28.9. The summed E-state index contributed by atoms with van der Waals surface area (Å²) in [5.41, 5.74) is 7.01. The number of carbonyl (C=O) groups excluding carboxylic acids is 4. The summed E-state index contributed by atoms with van der Waals surface area (Å²) in [6.45, 7) is 7.93. The van der Waals surface area contributed by atoms with Gasteiger partial charge in [-0.15, -0.1) is 0 Å². The lowest BCUT2D eigenvalue weighted by atomic mass is 9.94. The zero-order valence-electron chi connectivity index (χ0n) is 33.7. The Morgan fingerprint density at radius 1 is 0.517 bits per heavy atom. The number of benzene rings is 5. The number of hydrogen-bond donors (Lipinski definition) is 0. The number of halogens is 2. The molecular weight excluding hydrogens is 759 g/mol. The van der Waals surface area contributed by atoms with Gasteiger partial charge in [-0.3, -0.25) is 38.9 Å². The van der Waals surface area contributed by atoms with Gasteiger partial charge in [-0.05, 0) is 104 Å². The molecule has 9 rings (SSSR count). The first-order valence-electron chi connectivity index (χ1n) is 20.1. The molecule has 300 valence electrons. The number of nitrogens with zero attached hydrogens (tertiary/aromatic N) is 4. The molecule has 3 atom stereocenters. The Morgan fingerprint density at radius 2 is 0.917 bits per heavy atom. The minimum absolute atomic E-state index is 0.285. The van der Waals surface area contributed by atoms with Gasteiger partial charge in [-0.25, -0.2) is 8.78 Å². The van der Waals surface area contributed by atoms with Crippen LogP contribution in [0.3, 0.4) is 0 Å². The molecule has 0 aliphatic carbocycles. The van der Waals surface area contributed by atoms with Crippen LogP contribution in [0.25, 0.3) is 21.8 Å². The van der Waals surface area contributed by atoms with Crippen molar-refractivity contribution in [3.63, 3.8) is 0 Å². The number of pyridine rings is 2. The largest absolute Gasteiger partial charge is 0.269 e. The summed E-state index contributed by atoms with van der Waals surface area (Å²) in [5.74, 6) is -1.50. The van der Waals surface area contributed by atoms with Crippen molar-refractivity contribution in [1.29, 1.82) is 0 Å². The Bertz CT molecular complexity index is 2770. The van der Waals surface area contributed by atoms with Crippen LogP contribution in [-0.4, -0.2) is 43.4 Å². The van der Waals surface area contributed by atoms with Crippen molar-refractivity contribution in [3.05, 3.63) is 189 Å². The summed E-state index contributed by atoms with van der Waals surface area (Å²) in [6.07, 6.45) is 2.19. The van der Waals surface area contributed by atoms with E-state index in [2.05, 4.69) is 13.8 Å². The number of aromatic nitrogens is 2. The van der Waals surface area contributed by atoms with Crippen LogP contribution in [0.5, 0.6) is 0 Å². The maximum absolute atomic E-state index is 13.8. The van der Waals surface area contributed by atoms with Crippen LogP contribution < -0.4 is 0 Å². The zero-order chi connectivity index (χ0) is 42.2. The molecule has 7 aromatic rings. The van der Waals surface area contributed by atoms with Crippen molar-refractivity contribution in [3.8, 4) is 0 Å². The van der Waals surface area contributed by atoms with Crippen LogP contribution in [0.1, 0.15) is 116 Å². The van der Waals surface area contributed by atoms with Gasteiger partial charge in [0.2, 0.25) is 0 Å². The molecule has 0 saturated heterocycles. The van der Waals surface area contributed by atoms with Crippen LogP contribution in [0.4, 0.5) is 8.78 Å². The molecule has 0 N–H and O–H groups in total. The van der Waals surface area contributed by atoms with Crippen molar-refractivity contribution in [2.75, 3.05) is 0 Å². The molecule has 4 heterocycles. The normalized spacial score (nSPS) is 14.9. The Hall–Kier alpha value is -6.94. The monoisotopic (exact) mass is 800 g/mol. The van der Waals surface area contributed by atoms with Crippen LogP contribution in [0.2, 0.25) is 0 Å². The molecule has 8 nitrogen and oxygen atoms in total. The lowest BCUT2D eigenvalue weighted by Gasteiger charge is -2.26. The first kappa shape index (κ1) is 39.9. The van der Waals surface area contributed by atoms with Crippen LogP contribution in [-0.2, 0) is 12.8 Å². The van der Waals surface area contributed by atoms with Crippen LogP contribution in [0.15, 0.2) is 127 Å². The Kier molecular flexibility index (Phi) is 10.9. The van der Waals surface area contributed by atoms with E-state index in [1.807, 2.05) is 56.3 Å². The van der Waals surface area contributed by atoms with Gasteiger partial charge in [0.1, 0.15) is 11.6 Å². The van der Waals surface area contributed by atoms with E-state index in [0.717, 1.165) is 39.6 Å². The maximum Gasteiger partial charge on any atom is 0.262 e. The van der Waals surface area contributed by atoms with Gasteiger partial charge in [-0.1, -0.05) is 74.9 Å². The third-order valence-corrected chi connectivity index (χ3v) is 11.6. The second kappa shape index (κ2) is 16.4. The molecule has 2 unspecified atom stereocenters. The van der Waals surface area contributed by atoms with E-state index in [-0.39, 0.29) is 35.3 Å². The van der Waals surface area contributed by atoms with E-state index in [0.29, 0.717) is 57.7 Å². The molecule has 2 aliphatic rings. The fourth-order valence-corrected chi connectivity index (χ4v) is 8.08. The number of rotatable bonds is 9. The quantitative estimate of drug-likeness (QED) is 0.135. The summed E-state index contributed by atoms with van der Waals surface area (Å²) >= 11 is 0. The van der Waals surface area contributed by atoms with E-state index in [1.165, 1.54) is 34.1 Å². The average molecular weight is 801 g/mol. The predicted octanol–water partition coefficient (Wildman–Crippen LogP) is 10.6. The number of amides is 4. The van der Waals surface area contributed by atoms with E-state index < -0.39 is 12.1 Å². The summed E-state index contributed by atoms with van der Waals surface area (Å²) in [7, 11) is 0. The second-order valence-electron chi connectivity index (χ2n) is 15.5. The molecule has 4 amide bonds. The standard InChI is InChI=1S/C26H19FN2O2.C24H23FN2O2/c1-16(29-25(30)20-9-5-6-10-21(20)26(29)31)22-14-18-11-12-19(27)15-23(18)28-24(22)13-17-7-3-2-4-8-17;1-4-14(2)11-22-20(12-16-9-10-17(25)13-21(16)26-22)15(3)27-23(28)18-7-5-6-8-19(18)24(27)29/h2-12,14-16H,13H2,1H3;5-10,12-15H,4,11H2,1-3H3/t;14?,15-/m.0/s1. The summed E-state index contributed by atoms with van der Waals surface area (Å²) in [5, 5.41) is 1.55. The lowest BCUT2D eigenvalue weighted by Crippen LogP contribution is -2.33. The summed E-state index contributed by atoms with van der Waals surface area (Å²) in [6, 6.07) is 35.4. The van der Waals surface area contributed by atoms with Crippen molar-refractivity contribution < 1.29 is 28.0 Å². The fraction of sp³-hybridized carbons (Fsp3) is 0.200. The molecule has 10 heteroatoms. The predicted molar refractivity (Wildman–Crippen MR) is 227 cm³/mol. The van der Waals surface area contributed by atoms with E-state index in [4.69, 9.17) is 9.97 Å². The molecular formula is C50H42F2N4O4. The van der Waals surface area contributed by atoms with Gasteiger partial charge in [0, 0.05) is 35.0 Å². The van der Waals surface area contributed by atoms with Gasteiger partial charge in [0.15, 0.2) is 0 Å². The van der Waals surface area contributed by atoms with E-state index >= 15 is 0 Å². The minimum atomic E-state index is -0.520. The van der Waals surface area contributed by atoms with Crippen molar-refractivity contribution in [1.82, 2.24) is 19.8 Å². The van der Waals surface area contributed by atoms with Crippen LogP contribution in [0, 0.1) is 17.6 Å². The average Bonchev–Trinajstić information content (AvgIpc) is 3.66. The highest BCUT2D eigenvalue weighted by atomic mass is 19.1.